The Bertz CT molecular complexity index is 309. The molecule has 1 fully saturated rings. The highest BCUT2D eigenvalue weighted by Crippen LogP contribution is 2.65. The van der Waals surface area contributed by atoms with Crippen molar-refractivity contribution in [3.05, 3.63) is 35.6 Å². The first-order valence-corrected chi connectivity index (χ1v) is 4.39. The molecule has 2 rings (SSSR count). The molecular weight excluding hydrogens is 146 g/mol. The van der Waals surface area contributed by atoms with Gasteiger partial charge in [-0.25, -0.2) is 0 Å². The first kappa shape index (κ1) is 7.66. The summed E-state index contributed by atoms with van der Waals surface area (Å²) in [5.41, 5.74) is 9.80. The minimum Gasteiger partial charge on any atom is -0.401 e. The van der Waals surface area contributed by atoms with Gasteiger partial charge in [0, 0.05) is 11.1 Å². The number of rotatable bonds is 1. The summed E-state index contributed by atoms with van der Waals surface area (Å²) >= 11 is 0. The van der Waals surface area contributed by atoms with Gasteiger partial charge in [0.1, 0.15) is 0 Å². The molecule has 1 nitrogen and oxygen atoms in total. The van der Waals surface area contributed by atoms with Crippen molar-refractivity contribution in [2.45, 2.75) is 20.3 Å². The smallest absolute Gasteiger partial charge is 0.0373 e. The Kier molecular flexibility index (Phi) is 1.30. The van der Waals surface area contributed by atoms with Crippen LogP contribution >= 0.6 is 0 Å². The second-order valence-corrected chi connectivity index (χ2v) is 4.04. The molecule has 0 saturated heterocycles. The summed E-state index contributed by atoms with van der Waals surface area (Å²) < 4.78 is 0. The molecule has 0 aromatic rings. The Morgan fingerprint density at radius 2 is 2.33 bits per heavy atom. The molecule has 1 saturated carbocycles. The van der Waals surface area contributed by atoms with Crippen LogP contribution in [0.2, 0.25) is 0 Å². The lowest BCUT2D eigenvalue weighted by Gasteiger charge is -2.21. The standard InChI is InChI=1S/C11H15N/c1-7(2)11-6-9(11)8(3)4-5-10(11)12/h4-5,9H,1,6,12H2,2-3H3. The molecule has 0 spiro atoms. The molecule has 0 aliphatic heterocycles. The number of nitrogens with two attached hydrogens (primary N) is 1. The monoisotopic (exact) mass is 161 g/mol. The molecule has 0 aromatic heterocycles. The van der Waals surface area contributed by atoms with Crippen LogP contribution < -0.4 is 5.73 Å². The van der Waals surface area contributed by atoms with Crippen LogP contribution in [0.15, 0.2) is 35.6 Å². The van der Waals surface area contributed by atoms with Gasteiger partial charge in [0.2, 0.25) is 0 Å². The summed E-state index contributed by atoms with van der Waals surface area (Å²) in [5.74, 6) is 0.653. The van der Waals surface area contributed by atoms with Gasteiger partial charge in [0.15, 0.2) is 0 Å². The van der Waals surface area contributed by atoms with Crippen molar-refractivity contribution in [3.63, 3.8) is 0 Å². The van der Waals surface area contributed by atoms with Gasteiger partial charge in [-0.15, -0.1) is 0 Å². The van der Waals surface area contributed by atoms with E-state index in [0.717, 1.165) is 5.70 Å². The van der Waals surface area contributed by atoms with E-state index < -0.39 is 0 Å². The predicted molar refractivity (Wildman–Crippen MR) is 51.4 cm³/mol. The molecule has 0 heterocycles. The number of allylic oxidation sites excluding steroid dienone is 4. The fourth-order valence-corrected chi connectivity index (χ4v) is 2.34. The highest BCUT2D eigenvalue weighted by atomic mass is 14.7. The minimum atomic E-state index is 0.152. The van der Waals surface area contributed by atoms with Crippen molar-refractivity contribution in [2.24, 2.45) is 17.1 Å². The number of hydrogen-bond acceptors (Lipinski definition) is 1. The van der Waals surface area contributed by atoms with Crippen LogP contribution in [0, 0.1) is 11.3 Å². The van der Waals surface area contributed by atoms with Crippen molar-refractivity contribution >= 4 is 0 Å². The van der Waals surface area contributed by atoms with Gasteiger partial charge in [-0.3, -0.25) is 0 Å². The van der Waals surface area contributed by atoms with Crippen molar-refractivity contribution in [2.75, 3.05) is 0 Å². The number of fused-ring (bicyclic) bond motifs is 1. The average Bonchev–Trinajstić information content (AvgIpc) is 2.73. The molecule has 12 heavy (non-hydrogen) atoms. The Hall–Kier alpha value is -0.980. The number of hydrogen-bond donors (Lipinski definition) is 1. The molecule has 0 bridgehead atoms. The van der Waals surface area contributed by atoms with Crippen LogP contribution in [0.1, 0.15) is 20.3 Å². The molecule has 64 valence electrons. The molecular formula is C11H15N. The summed E-state index contributed by atoms with van der Waals surface area (Å²) in [4.78, 5) is 0. The van der Waals surface area contributed by atoms with Gasteiger partial charge in [0.05, 0.1) is 0 Å². The van der Waals surface area contributed by atoms with Crippen LogP contribution in [-0.4, -0.2) is 0 Å². The lowest BCUT2D eigenvalue weighted by Crippen LogP contribution is -2.18. The van der Waals surface area contributed by atoms with Crippen LogP contribution in [0.25, 0.3) is 0 Å². The Morgan fingerprint density at radius 1 is 1.67 bits per heavy atom. The van der Waals surface area contributed by atoms with E-state index in [2.05, 4.69) is 26.5 Å². The summed E-state index contributed by atoms with van der Waals surface area (Å²) in [6, 6.07) is 0. The topological polar surface area (TPSA) is 26.0 Å². The summed E-state index contributed by atoms with van der Waals surface area (Å²) in [6.45, 7) is 8.29. The molecule has 2 atom stereocenters. The second-order valence-electron chi connectivity index (χ2n) is 4.04. The highest BCUT2D eigenvalue weighted by molar-refractivity contribution is 5.46. The molecule has 2 aliphatic carbocycles. The Balaban J connectivity index is 2.43. The van der Waals surface area contributed by atoms with E-state index in [1.807, 2.05) is 6.08 Å². The third-order valence-electron chi connectivity index (χ3n) is 3.31. The fourth-order valence-electron chi connectivity index (χ4n) is 2.34. The second kappa shape index (κ2) is 2.03. The average molecular weight is 161 g/mol. The molecule has 0 aromatic carbocycles. The molecule has 2 N–H and O–H groups in total. The lowest BCUT2D eigenvalue weighted by molar-refractivity contribution is 0.649. The van der Waals surface area contributed by atoms with Crippen molar-refractivity contribution in [3.8, 4) is 0 Å². The van der Waals surface area contributed by atoms with Gasteiger partial charge in [-0.05, 0) is 32.3 Å². The van der Waals surface area contributed by atoms with Crippen LogP contribution in [-0.2, 0) is 0 Å². The molecule has 1 heteroatoms. The zero-order valence-electron chi connectivity index (χ0n) is 7.72. The third-order valence-corrected chi connectivity index (χ3v) is 3.31. The molecule has 2 unspecified atom stereocenters. The first-order chi connectivity index (χ1) is 5.59. The Labute approximate surface area is 73.6 Å². The third kappa shape index (κ3) is 0.689. The maximum atomic E-state index is 5.97. The van der Waals surface area contributed by atoms with Crippen molar-refractivity contribution in [1.29, 1.82) is 0 Å². The Morgan fingerprint density at radius 3 is 2.83 bits per heavy atom. The first-order valence-electron chi connectivity index (χ1n) is 4.39. The van der Waals surface area contributed by atoms with E-state index in [4.69, 9.17) is 5.73 Å². The summed E-state index contributed by atoms with van der Waals surface area (Å²) in [6.07, 6.45) is 5.34. The normalized spacial score (nSPS) is 38.0. The molecule has 0 radical (unpaired) electrons. The van der Waals surface area contributed by atoms with Gasteiger partial charge >= 0.3 is 0 Å². The van der Waals surface area contributed by atoms with E-state index in [1.165, 1.54) is 17.6 Å². The van der Waals surface area contributed by atoms with Gasteiger partial charge in [-0.2, -0.15) is 0 Å². The quantitative estimate of drug-likeness (QED) is 0.587. The summed E-state index contributed by atoms with van der Waals surface area (Å²) in [5, 5.41) is 0. The van der Waals surface area contributed by atoms with Crippen LogP contribution in [0.4, 0.5) is 0 Å². The van der Waals surface area contributed by atoms with Gasteiger partial charge < -0.3 is 5.73 Å². The van der Waals surface area contributed by atoms with E-state index >= 15 is 0 Å². The highest BCUT2D eigenvalue weighted by Gasteiger charge is 2.58. The van der Waals surface area contributed by atoms with Gasteiger partial charge in [0.25, 0.3) is 0 Å². The zero-order chi connectivity index (χ0) is 8.93. The van der Waals surface area contributed by atoms with Crippen molar-refractivity contribution < 1.29 is 0 Å². The van der Waals surface area contributed by atoms with E-state index in [9.17, 15) is 0 Å². The SMILES string of the molecule is C=C(C)C12CC1C(C)=CC=C2N. The maximum Gasteiger partial charge on any atom is 0.0373 e. The van der Waals surface area contributed by atoms with Gasteiger partial charge in [-0.1, -0.05) is 23.8 Å². The minimum absolute atomic E-state index is 0.152. The van der Waals surface area contributed by atoms with E-state index in [-0.39, 0.29) is 5.41 Å². The van der Waals surface area contributed by atoms with Crippen LogP contribution in [0.3, 0.4) is 0 Å². The van der Waals surface area contributed by atoms with E-state index in [0.29, 0.717) is 5.92 Å². The zero-order valence-corrected chi connectivity index (χ0v) is 7.72. The van der Waals surface area contributed by atoms with Crippen LogP contribution in [0.5, 0.6) is 0 Å². The lowest BCUT2D eigenvalue weighted by atomic mass is 9.86. The van der Waals surface area contributed by atoms with E-state index in [1.54, 1.807) is 0 Å². The molecule has 2 aliphatic rings. The predicted octanol–water partition coefficient (Wildman–Crippen LogP) is 2.37. The fraction of sp³-hybridized carbons (Fsp3) is 0.455. The van der Waals surface area contributed by atoms with Crippen molar-refractivity contribution in [1.82, 2.24) is 0 Å². The maximum absolute atomic E-state index is 5.97. The summed E-state index contributed by atoms with van der Waals surface area (Å²) in [7, 11) is 0. The molecule has 0 amide bonds. The largest absolute Gasteiger partial charge is 0.401 e.